The molecule has 0 aliphatic rings. The predicted octanol–water partition coefficient (Wildman–Crippen LogP) is 4.02. The molecular formula is C17H15ClN2O2S. The molecule has 0 saturated heterocycles. The number of aryl methyl sites for hydroxylation is 1. The number of fused-ring (bicyclic) bond motifs is 1. The highest BCUT2D eigenvalue weighted by atomic mass is 35.5. The van der Waals surface area contributed by atoms with E-state index in [1.807, 2.05) is 18.2 Å². The van der Waals surface area contributed by atoms with Crippen LogP contribution in [0.1, 0.15) is 21.8 Å². The topological polar surface area (TPSA) is 62.2 Å². The zero-order valence-corrected chi connectivity index (χ0v) is 13.8. The summed E-state index contributed by atoms with van der Waals surface area (Å²) in [5.74, 6) is -0.396. The van der Waals surface area contributed by atoms with Gasteiger partial charge in [0.25, 0.3) is 5.91 Å². The van der Waals surface area contributed by atoms with E-state index in [2.05, 4.69) is 16.4 Å². The Balaban J connectivity index is 1.53. The van der Waals surface area contributed by atoms with Gasteiger partial charge in [-0.15, -0.1) is 11.3 Å². The number of benzene rings is 2. The number of thiazole rings is 1. The lowest BCUT2D eigenvalue weighted by atomic mass is 10.2. The third kappa shape index (κ3) is 3.81. The van der Waals surface area contributed by atoms with Crippen LogP contribution in [0.4, 0.5) is 0 Å². The number of aromatic hydroxyl groups is 1. The first-order valence-electron chi connectivity index (χ1n) is 7.24. The summed E-state index contributed by atoms with van der Waals surface area (Å²) in [6.45, 7) is 0.515. The van der Waals surface area contributed by atoms with Crippen molar-refractivity contribution in [2.45, 2.75) is 12.8 Å². The van der Waals surface area contributed by atoms with Gasteiger partial charge in [-0.05, 0) is 36.8 Å². The maximum absolute atomic E-state index is 12.0. The van der Waals surface area contributed by atoms with Gasteiger partial charge >= 0.3 is 0 Å². The Morgan fingerprint density at radius 1 is 1.26 bits per heavy atom. The van der Waals surface area contributed by atoms with Gasteiger partial charge in [0.05, 0.1) is 20.8 Å². The van der Waals surface area contributed by atoms with Crippen molar-refractivity contribution in [1.29, 1.82) is 0 Å². The Bertz CT molecular complexity index is 814. The van der Waals surface area contributed by atoms with Crippen molar-refractivity contribution in [2.24, 2.45) is 0 Å². The normalized spacial score (nSPS) is 10.8. The number of phenolic OH excluding ortho intramolecular Hbond substituents is 1. The molecule has 0 radical (unpaired) electrons. The first-order valence-corrected chi connectivity index (χ1v) is 8.44. The van der Waals surface area contributed by atoms with Gasteiger partial charge in [0.2, 0.25) is 0 Å². The molecule has 1 heterocycles. The molecule has 0 atom stereocenters. The molecule has 6 heteroatoms. The Morgan fingerprint density at radius 3 is 2.91 bits per heavy atom. The highest BCUT2D eigenvalue weighted by molar-refractivity contribution is 7.18. The number of aromatic nitrogens is 1. The molecule has 3 rings (SSSR count). The molecule has 0 aliphatic carbocycles. The van der Waals surface area contributed by atoms with Crippen LogP contribution in [0.3, 0.4) is 0 Å². The van der Waals surface area contributed by atoms with Crippen LogP contribution in [0.5, 0.6) is 5.75 Å². The van der Waals surface area contributed by atoms with E-state index in [9.17, 15) is 9.90 Å². The zero-order valence-electron chi connectivity index (χ0n) is 12.3. The third-order valence-electron chi connectivity index (χ3n) is 3.39. The van der Waals surface area contributed by atoms with Crippen molar-refractivity contribution in [3.05, 3.63) is 58.1 Å². The molecule has 3 aromatic rings. The van der Waals surface area contributed by atoms with Gasteiger partial charge in [-0.1, -0.05) is 23.7 Å². The van der Waals surface area contributed by atoms with E-state index in [4.69, 9.17) is 11.6 Å². The van der Waals surface area contributed by atoms with E-state index in [0.717, 1.165) is 23.4 Å². The Morgan fingerprint density at radius 2 is 2.09 bits per heavy atom. The van der Waals surface area contributed by atoms with Crippen molar-refractivity contribution in [2.75, 3.05) is 6.54 Å². The maximum atomic E-state index is 12.0. The standard InChI is InChI=1S/C17H15ClN2O2S/c18-11-7-8-14(21)12(10-11)17(22)19-9-3-6-16-20-13-4-1-2-5-15(13)23-16/h1-2,4-5,7-8,10,21H,3,6,9H2,(H,19,22). The fraction of sp³-hybridized carbons (Fsp3) is 0.176. The Kier molecular flexibility index (Phi) is 4.79. The summed E-state index contributed by atoms with van der Waals surface area (Å²) < 4.78 is 1.18. The summed E-state index contributed by atoms with van der Waals surface area (Å²) >= 11 is 7.52. The average Bonchev–Trinajstić information content (AvgIpc) is 2.96. The van der Waals surface area contributed by atoms with E-state index < -0.39 is 0 Å². The zero-order chi connectivity index (χ0) is 16.2. The van der Waals surface area contributed by atoms with Crippen molar-refractivity contribution < 1.29 is 9.90 Å². The first-order chi connectivity index (χ1) is 11.1. The van der Waals surface area contributed by atoms with Crippen LogP contribution in [0.15, 0.2) is 42.5 Å². The number of phenols is 1. The third-order valence-corrected chi connectivity index (χ3v) is 4.73. The van der Waals surface area contributed by atoms with Gasteiger partial charge in [0, 0.05) is 18.0 Å². The van der Waals surface area contributed by atoms with Gasteiger partial charge in [0.15, 0.2) is 0 Å². The highest BCUT2D eigenvalue weighted by Crippen LogP contribution is 2.23. The molecule has 0 saturated carbocycles. The quantitative estimate of drug-likeness (QED) is 0.686. The summed E-state index contributed by atoms with van der Waals surface area (Å²) in [7, 11) is 0. The predicted molar refractivity (Wildman–Crippen MR) is 93.4 cm³/mol. The summed E-state index contributed by atoms with van der Waals surface area (Å²) in [4.78, 5) is 16.6. The number of hydrogen-bond acceptors (Lipinski definition) is 4. The molecule has 118 valence electrons. The van der Waals surface area contributed by atoms with Gasteiger partial charge in [-0.2, -0.15) is 0 Å². The van der Waals surface area contributed by atoms with Crippen LogP contribution in [0.25, 0.3) is 10.2 Å². The molecule has 1 aromatic heterocycles. The molecule has 2 aromatic carbocycles. The Hall–Kier alpha value is -2.11. The summed E-state index contributed by atoms with van der Waals surface area (Å²) in [6, 6.07) is 12.4. The summed E-state index contributed by atoms with van der Waals surface area (Å²) in [6.07, 6.45) is 1.59. The van der Waals surface area contributed by atoms with Crippen LogP contribution in [0.2, 0.25) is 5.02 Å². The number of carbonyl (C=O) groups excluding carboxylic acids is 1. The molecule has 0 fully saturated rings. The van der Waals surface area contributed by atoms with E-state index in [0.29, 0.717) is 11.6 Å². The molecule has 0 aliphatic heterocycles. The molecular weight excluding hydrogens is 332 g/mol. The van der Waals surface area contributed by atoms with E-state index >= 15 is 0 Å². The lowest BCUT2D eigenvalue weighted by Gasteiger charge is -2.06. The minimum atomic E-state index is -0.325. The van der Waals surface area contributed by atoms with E-state index in [1.54, 1.807) is 17.4 Å². The van der Waals surface area contributed by atoms with Gasteiger partial charge in [0.1, 0.15) is 5.75 Å². The van der Waals surface area contributed by atoms with Gasteiger partial charge in [-0.25, -0.2) is 4.98 Å². The molecule has 2 N–H and O–H groups in total. The second-order valence-electron chi connectivity index (χ2n) is 5.10. The fourth-order valence-corrected chi connectivity index (χ4v) is 3.43. The highest BCUT2D eigenvalue weighted by Gasteiger charge is 2.11. The van der Waals surface area contributed by atoms with Crippen LogP contribution in [-0.4, -0.2) is 22.5 Å². The smallest absolute Gasteiger partial charge is 0.255 e. The monoisotopic (exact) mass is 346 g/mol. The number of nitrogens with zero attached hydrogens (tertiary/aromatic N) is 1. The first kappa shape index (κ1) is 15.8. The number of rotatable bonds is 5. The number of halogens is 1. The van der Waals surface area contributed by atoms with Crippen molar-refractivity contribution in [3.63, 3.8) is 0 Å². The second kappa shape index (κ2) is 6.98. The number of hydrogen-bond donors (Lipinski definition) is 2. The average molecular weight is 347 g/mol. The molecule has 23 heavy (non-hydrogen) atoms. The molecule has 1 amide bonds. The number of carbonyl (C=O) groups is 1. The van der Waals surface area contributed by atoms with Crippen LogP contribution < -0.4 is 5.32 Å². The molecule has 0 unspecified atom stereocenters. The molecule has 0 bridgehead atoms. The van der Waals surface area contributed by atoms with Gasteiger partial charge in [-0.3, -0.25) is 4.79 Å². The van der Waals surface area contributed by atoms with Crippen LogP contribution in [0, 0.1) is 0 Å². The van der Waals surface area contributed by atoms with Crippen molar-refractivity contribution >= 4 is 39.1 Å². The van der Waals surface area contributed by atoms with Crippen molar-refractivity contribution in [1.82, 2.24) is 10.3 Å². The molecule has 4 nitrogen and oxygen atoms in total. The number of amides is 1. The largest absolute Gasteiger partial charge is 0.507 e. The lowest BCUT2D eigenvalue weighted by Crippen LogP contribution is -2.24. The molecule has 0 spiro atoms. The van der Waals surface area contributed by atoms with Gasteiger partial charge < -0.3 is 10.4 Å². The lowest BCUT2D eigenvalue weighted by molar-refractivity contribution is 0.0950. The maximum Gasteiger partial charge on any atom is 0.255 e. The van der Waals surface area contributed by atoms with E-state index in [-0.39, 0.29) is 17.2 Å². The minimum Gasteiger partial charge on any atom is -0.507 e. The fourth-order valence-electron chi connectivity index (χ4n) is 2.25. The summed E-state index contributed by atoms with van der Waals surface area (Å²) in [5.41, 5.74) is 1.21. The second-order valence-corrected chi connectivity index (χ2v) is 6.65. The number of nitrogens with one attached hydrogen (secondary N) is 1. The minimum absolute atomic E-state index is 0.0712. The van der Waals surface area contributed by atoms with E-state index in [1.165, 1.54) is 16.8 Å². The Labute approximate surface area is 142 Å². The van der Waals surface area contributed by atoms with Crippen molar-refractivity contribution in [3.8, 4) is 5.75 Å². The number of para-hydroxylation sites is 1. The van der Waals surface area contributed by atoms with Crippen LogP contribution >= 0.6 is 22.9 Å². The van der Waals surface area contributed by atoms with Crippen LogP contribution in [-0.2, 0) is 6.42 Å². The summed E-state index contributed by atoms with van der Waals surface area (Å²) in [5, 5.41) is 14.0. The SMILES string of the molecule is O=C(NCCCc1nc2ccccc2s1)c1cc(Cl)ccc1O.